The van der Waals surface area contributed by atoms with Crippen LogP contribution in [0.1, 0.15) is 22.8 Å². The van der Waals surface area contributed by atoms with Crippen molar-refractivity contribution in [2.75, 3.05) is 0 Å². The Morgan fingerprint density at radius 3 is 2.64 bits per heavy atom. The average Bonchev–Trinajstić information content (AvgIpc) is 2.16. The summed E-state index contributed by atoms with van der Waals surface area (Å²) in [7, 11) is 0. The van der Waals surface area contributed by atoms with Crippen molar-refractivity contribution in [3.63, 3.8) is 0 Å². The number of nitro groups is 1. The minimum atomic E-state index is -0.443. The molecule has 0 saturated carbocycles. The minimum Gasteiger partial charge on any atom is -0.281 e. The van der Waals surface area contributed by atoms with Gasteiger partial charge >= 0.3 is 0 Å². The fraction of sp³-hybridized carbons (Fsp3) is 0.222. The first-order valence-electron chi connectivity index (χ1n) is 4.03. The van der Waals surface area contributed by atoms with E-state index in [1.165, 1.54) is 18.2 Å². The third-order valence-corrected chi connectivity index (χ3v) is 2.34. The molecule has 0 spiro atoms. The molecule has 0 bridgehead atoms. The van der Waals surface area contributed by atoms with Gasteiger partial charge in [0, 0.05) is 17.2 Å². The first-order chi connectivity index (χ1) is 6.56. The molecule has 0 fully saturated rings. The monoisotopic (exact) mass is 257 g/mol. The zero-order valence-electron chi connectivity index (χ0n) is 7.49. The maximum Gasteiger partial charge on any atom is 0.272 e. The van der Waals surface area contributed by atoms with Gasteiger partial charge in [0.1, 0.15) is 0 Å². The number of hydrogen-bond donors (Lipinski definition) is 0. The SMILES string of the molecule is CCc1cc(C(=O)Br)ccc1[N+](=O)[O-]. The minimum absolute atomic E-state index is 0.0602. The van der Waals surface area contributed by atoms with Crippen LogP contribution in [0.5, 0.6) is 0 Å². The van der Waals surface area contributed by atoms with Crippen LogP contribution in [0.15, 0.2) is 18.2 Å². The highest BCUT2D eigenvalue weighted by atomic mass is 79.9. The van der Waals surface area contributed by atoms with Gasteiger partial charge in [-0.15, -0.1) is 0 Å². The van der Waals surface area contributed by atoms with E-state index in [9.17, 15) is 14.9 Å². The lowest BCUT2D eigenvalue weighted by Gasteiger charge is -2.00. The lowest BCUT2D eigenvalue weighted by Crippen LogP contribution is -1.97. The van der Waals surface area contributed by atoms with E-state index < -0.39 is 4.92 Å². The second kappa shape index (κ2) is 4.32. The van der Waals surface area contributed by atoms with Gasteiger partial charge in [-0.3, -0.25) is 14.9 Å². The summed E-state index contributed by atoms with van der Waals surface area (Å²) in [4.78, 5) is 21.1. The Kier molecular flexibility index (Phi) is 3.35. The van der Waals surface area contributed by atoms with Crippen molar-refractivity contribution in [2.24, 2.45) is 0 Å². The number of rotatable bonds is 3. The summed E-state index contributed by atoms with van der Waals surface area (Å²) in [6.45, 7) is 1.81. The smallest absolute Gasteiger partial charge is 0.272 e. The summed E-state index contributed by atoms with van der Waals surface area (Å²) >= 11 is 2.80. The predicted octanol–water partition coefficient (Wildman–Crippen LogP) is 2.69. The van der Waals surface area contributed by atoms with Gasteiger partial charge in [-0.25, -0.2) is 0 Å². The number of benzene rings is 1. The van der Waals surface area contributed by atoms with Gasteiger partial charge in [0.2, 0.25) is 4.69 Å². The summed E-state index contributed by atoms with van der Waals surface area (Å²) < 4.78 is -0.262. The van der Waals surface area contributed by atoms with Crippen LogP contribution in [0.3, 0.4) is 0 Å². The number of nitrogens with zero attached hydrogens (tertiary/aromatic N) is 1. The average molecular weight is 258 g/mol. The van der Waals surface area contributed by atoms with E-state index in [4.69, 9.17) is 0 Å². The zero-order chi connectivity index (χ0) is 10.7. The molecule has 74 valence electrons. The normalized spacial score (nSPS) is 9.86. The molecule has 0 heterocycles. The van der Waals surface area contributed by atoms with E-state index >= 15 is 0 Å². The highest BCUT2D eigenvalue weighted by molar-refractivity contribution is 9.18. The standard InChI is InChI=1S/C9H8BrNO3/c1-2-6-5-7(9(10)12)3-4-8(6)11(13)14/h3-5H,2H2,1H3. The Balaban J connectivity index is 3.25. The molecule has 0 radical (unpaired) electrons. The van der Waals surface area contributed by atoms with Gasteiger partial charge in [0.15, 0.2) is 0 Å². The van der Waals surface area contributed by atoms with E-state index in [0.717, 1.165) is 0 Å². The van der Waals surface area contributed by atoms with E-state index in [2.05, 4.69) is 15.9 Å². The molecule has 1 aromatic carbocycles. The fourth-order valence-electron chi connectivity index (χ4n) is 1.17. The van der Waals surface area contributed by atoms with E-state index in [-0.39, 0.29) is 10.4 Å². The van der Waals surface area contributed by atoms with Gasteiger partial charge in [-0.05, 0) is 34.5 Å². The van der Waals surface area contributed by atoms with Crippen LogP contribution >= 0.6 is 15.9 Å². The third-order valence-electron chi connectivity index (χ3n) is 1.88. The van der Waals surface area contributed by atoms with Gasteiger partial charge in [0.25, 0.3) is 5.69 Å². The van der Waals surface area contributed by atoms with Crippen molar-refractivity contribution in [1.82, 2.24) is 0 Å². The Bertz CT molecular complexity index is 390. The van der Waals surface area contributed by atoms with Crippen LogP contribution < -0.4 is 0 Å². The lowest BCUT2D eigenvalue weighted by molar-refractivity contribution is -0.385. The summed E-state index contributed by atoms with van der Waals surface area (Å²) in [5, 5.41) is 10.6. The Hall–Kier alpha value is -1.23. The zero-order valence-corrected chi connectivity index (χ0v) is 9.08. The van der Waals surface area contributed by atoms with Crippen LogP contribution in [0.25, 0.3) is 0 Å². The van der Waals surface area contributed by atoms with Crippen LogP contribution in [0.2, 0.25) is 0 Å². The van der Waals surface area contributed by atoms with Crippen molar-refractivity contribution in [2.45, 2.75) is 13.3 Å². The van der Waals surface area contributed by atoms with Crippen molar-refractivity contribution >= 4 is 26.3 Å². The number of carbonyl (C=O) groups is 1. The molecule has 4 nitrogen and oxygen atoms in total. The van der Waals surface area contributed by atoms with Crippen molar-refractivity contribution in [1.29, 1.82) is 0 Å². The topological polar surface area (TPSA) is 60.2 Å². The first kappa shape index (κ1) is 10.8. The van der Waals surface area contributed by atoms with Crippen molar-refractivity contribution in [3.8, 4) is 0 Å². The summed E-state index contributed by atoms with van der Waals surface area (Å²) in [5.41, 5.74) is 1.07. The summed E-state index contributed by atoms with van der Waals surface area (Å²) in [6, 6.07) is 4.33. The van der Waals surface area contributed by atoms with Crippen LogP contribution in [0, 0.1) is 10.1 Å². The molecule has 1 rings (SSSR count). The molecule has 0 N–H and O–H groups in total. The molecule has 0 saturated heterocycles. The highest BCUT2D eigenvalue weighted by Gasteiger charge is 2.13. The molecule has 0 atom stereocenters. The molecule has 0 amide bonds. The highest BCUT2D eigenvalue weighted by Crippen LogP contribution is 2.21. The maximum atomic E-state index is 10.9. The van der Waals surface area contributed by atoms with Crippen LogP contribution in [-0.4, -0.2) is 9.62 Å². The Labute approximate surface area is 89.2 Å². The predicted molar refractivity (Wildman–Crippen MR) is 55.7 cm³/mol. The number of hydrogen-bond acceptors (Lipinski definition) is 3. The Morgan fingerprint density at radius 2 is 2.21 bits per heavy atom. The third kappa shape index (κ3) is 2.17. The van der Waals surface area contributed by atoms with Gasteiger partial charge < -0.3 is 0 Å². The number of carbonyl (C=O) groups excluding carboxylic acids is 1. The summed E-state index contributed by atoms with van der Waals surface area (Å²) in [6.07, 6.45) is 0.532. The van der Waals surface area contributed by atoms with E-state index in [1.54, 1.807) is 0 Å². The first-order valence-corrected chi connectivity index (χ1v) is 4.82. The molecular formula is C9H8BrNO3. The van der Waals surface area contributed by atoms with Crippen molar-refractivity contribution in [3.05, 3.63) is 39.4 Å². The van der Waals surface area contributed by atoms with Crippen LogP contribution in [-0.2, 0) is 6.42 Å². The van der Waals surface area contributed by atoms with Crippen molar-refractivity contribution < 1.29 is 9.72 Å². The molecule has 0 unspecified atom stereocenters. The number of aryl methyl sites for hydroxylation is 1. The quantitative estimate of drug-likeness (QED) is 0.475. The second-order valence-electron chi connectivity index (χ2n) is 2.73. The molecule has 0 aliphatic rings. The summed E-state index contributed by atoms with van der Waals surface area (Å²) in [5.74, 6) is 0. The molecule has 5 heteroatoms. The fourth-order valence-corrected chi connectivity index (χ4v) is 1.42. The van der Waals surface area contributed by atoms with E-state index in [1.807, 2.05) is 6.92 Å². The molecule has 14 heavy (non-hydrogen) atoms. The number of nitro benzene ring substituents is 1. The molecule has 0 aliphatic heterocycles. The van der Waals surface area contributed by atoms with E-state index in [0.29, 0.717) is 17.5 Å². The second-order valence-corrected chi connectivity index (χ2v) is 3.45. The van der Waals surface area contributed by atoms with Crippen LogP contribution in [0.4, 0.5) is 5.69 Å². The van der Waals surface area contributed by atoms with Gasteiger partial charge in [0.05, 0.1) is 4.92 Å². The molecule has 0 aromatic heterocycles. The molecule has 0 aliphatic carbocycles. The molecular weight excluding hydrogens is 250 g/mol. The largest absolute Gasteiger partial charge is 0.281 e. The Morgan fingerprint density at radius 1 is 1.57 bits per heavy atom. The number of halogens is 1. The van der Waals surface area contributed by atoms with Gasteiger partial charge in [-0.1, -0.05) is 6.92 Å². The lowest BCUT2D eigenvalue weighted by atomic mass is 10.1. The van der Waals surface area contributed by atoms with Gasteiger partial charge in [-0.2, -0.15) is 0 Å². The maximum absolute atomic E-state index is 10.9. The molecule has 1 aromatic rings.